The molecule has 0 atom stereocenters. The number of nitrogens with one attached hydrogen (secondary N) is 2. The van der Waals surface area contributed by atoms with E-state index in [1.165, 1.54) is 11.8 Å². The number of hydrogen-bond donors (Lipinski definition) is 2. The SMILES string of the molecule is Cc1ccc(NC(=O)/C(C#N)=C\NCCCCc2ccccc2)c(C)c1. The van der Waals surface area contributed by atoms with Crippen LogP contribution in [0.15, 0.2) is 60.3 Å². The molecular formula is C22H25N3O. The highest BCUT2D eigenvalue weighted by Crippen LogP contribution is 2.16. The minimum atomic E-state index is -0.392. The molecule has 1 amide bonds. The molecule has 4 heteroatoms. The molecule has 0 aromatic heterocycles. The topological polar surface area (TPSA) is 64.9 Å². The molecule has 0 aliphatic rings. The molecule has 2 aromatic rings. The fourth-order valence-electron chi connectivity index (χ4n) is 2.67. The third kappa shape index (κ3) is 6.10. The Morgan fingerprint density at radius 2 is 1.88 bits per heavy atom. The molecule has 2 rings (SSSR count). The molecule has 134 valence electrons. The number of nitriles is 1. The van der Waals surface area contributed by atoms with Crippen molar-refractivity contribution in [2.75, 3.05) is 11.9 Å². The number of aryl methyl sites for hydroxylation is 3. The van der Waals surface area contributed by atoms with Crippen molar-refractivity contribution in [2.45, 2.75) is 33.1 Å². The number of hydrogen-bond acceptors (Lipinski definition) is 3. The lowest BCUT2D eigenvalue weighted by molar-refractivity contribution is -0.112. The van der Waals surface area contributed by atoms with Gasteiger partial charge in [-0.3, -0.25) is 4.79 Å². The van der Waals surface area contributed by atoms with Gasteiger partial charge in [-0.05, 0) is 50.3 Å². The second-order valence-corrected chi connectivity index (χ2v) is 6.34. The van der Waals surface area contributed by atoms with Gasteiger partial charge in [-0.25, -0.2) is 0 Å². The summed E-state index contributed by atoms with van der Waals surface area (Å²) in [5.74, 6) is -0.392. The summed E-state index contributed by atoms with van der Waals surface area (Å²) in [6.07, 6.45) is 4.57. The number of amides is 1. The van der Waals surface area contributed by atoms with Gasteiger partial charge in [0.1, 0.15) is 11.6 Å². The Kier molecular flexibility index (Phi) is 7.45. The summed E-state index contributed by atoms with van der Waals surface area (Å²) in [7, 11) is 0. The van der Waals surface area contributed by atoms with Crippen LogP contribution in [0.3, 0.4) is 0 Å². The molecule has 0 saturated carbocycles. The molecule has 0 spiro atoms. The van der Waals surface area contributed by atoms with Crippen molar-refractivity contribution < 1.29 is 4.79 Å². The van der Waals surface area contributed by atoms with Gasteiger partial charge in [0.2, 0.25) is 0 Å². The van der Waals surface area contributed by atoms with E-state index in [9.17, 15) is 10.1 Å². The van der Waals surface area contributed by atoms with Gasteiger partial charge in [-0.15, -0.1) is 0 Å². The zero-order chi connectivity index (χ0) is 18.8. The number of rotatable bonds is 8. The van der Waals surface area contributed by atoms with E-state index < -0.39 is 5.91 Å². The highest BCUT2D eigenvalue weighted by Gasteiger charge is 2.10. The van der Waals surface area contributed by atoms with Crippen LogP contribution in [0.5, 0.6) is 0 Å². The molecule has 0 saturated heterocycles. The number of carbonyl (C=O) groups excluding carboxylic acids is 1. The van der Waals surface area contributed by atoms with E-state index in [2.05, 4.69) is 22.8 Å². The lowest BCUT2D eigenvalue weighted by atomic mass is 10.1. The first-order valence-electron chi connectivity index (χ1n) is 8.86. The van der Waals surface area contributed by atoms with Crippen molar-refractivity contribution in [3.8, 4) is 6.07 Å². The third-order valence-electron chi connectivity index (χ3n) is 4.12. The van der Waals surface area contributed by atoms with Gasteiger partial charge in [0, 0.05) is 18.4 Å². The fraction of sp³-hybridized carbons (Fsp3) is 0.273. The molecule has 0 bridgehead atoms. The summed E-state index contributed by atoms with van der Waals surface area (Å²) >= 11 is 0. The van der Waals surface area contributed by atoms with E-state index in [0.29, 0.717) is 0 Å². The van der Waals surface area contributed by atoms with Gasteiger partial charge in [0.15, 0.2) is 0 Å². The van der Waals surface area contributed by atoms with Crippen LogP contribution >= 0.6 is 0 Å². The predicted molar refractivity (Wildman–Crippen MR) is 106 cm³/mol. The second kappa shape index (κ2) is 10.0. The van der Waals surface area contributed by atoms with Gasteiger partial charge < -0.3 is 10.6 Å². The van der Waals surface area contributed by atoms with E-state index in [4.69, 9.17) is 0 Å². The summed E-state index contributed by atoms with van der Waals surface area (Å²) in [5.41, 5.74) is 4.24. The number of anilines is 1. The van der Waals surface area contributed by atoms with E-state index in [-0.39, 0.29) is 5.57 Å². The van der Waals surface area contributed by atoms with Crippen LogP contribution in [-0.4, -0.2) is 12.5 Å². The van der Waals surface area contributed by atoms with E-state index >= 15 is 0 Å². The van der Waals surface area contributed by atoms with E-state index in [1.807, 2.05) is 56.3 Å². The number of nitrogens with zero attached hydrogens (tertiary/aromatic N) is 1. The van der Waals surface area contributed by atoms with Gasteiger partial charge in [0.25, 0.3) is 5.91 Å². The quantitative estimate of drug-likeness (QED) is 0.426. The Morgan fingerprint density at radius 3 is 2.58 bits per heavy atom. The largest absolute Gasteiger partial charge is 0.390 e. The zero-order valence-corrected chi connectivity index (χ0v) is 15.4. The first-order chi connectivity index (χ1) is 12.6. The van der Waals surface area contributed by atoms with Crippen LogP contribution in [0.1, 0.15) is 29.5 Å². The summed E-state index contributed by atoms with van der Waals surface area (Å²) in [6, 6.07) is 18.1. The standard InChI is InChI=1S/C22H25N3O/c1-17-11-12-21(18(2)14-17)25-22(26)20(15-23)16-24-13-7-6-10-19-8-4-3-5-9-19/h3-5,8-9,11-12,14,16,24H,6-7,10,13H2,1-2H3,(H,25,26)/b20-16-. The molecular weight excluding hydrogens is 322 g/mol. The minimum Gasteiger partial charge on any atom is -0.390 e. The maximum absolute atomic E-state index is 12.2. The van der Waals surface area contributed by atoms with Crippen LogP contribution in [0.4, 0.5) is 5.69 Å². The third-order valence-corrected chi connectivity index (χ3v) is 4.12. The Bertz CT molecular complexity index is 804. The van der Waals surface area contributed by atoms with Gasteiger partial charge in [-0.1, -0.05) is 48.0 Å². The van der Waals surface area contributed by atoms with Gasteiger partial charge >= 0.3 is 0 Å². The smallest absolute Gasteiger partial charge is 0.267 e. The Hall–Kier alpha value is -3.06. The Morgan fingerprint density at radius 1 is 1.12 bits per heavy atom. The molecule has 4 nitrogen and oxygen atoms in total. The number of carbonyl (C=O) groups is 1. The van der Waals surface area contributed by atoms with Crippen molar-refractivity contribution in [2.24, 2.45) is 0 Å². The highest BCUT2D eigenvalue weighted by atomic mass is 16.1. The Balaban J connectivity index is 1.78. The average molecular weight is 347 g/mol. The normalized spacial score (nSPS) is 10.9. The summed E-state index contributed by atoms with van der Waals surface area (Å²) in [6.45, 7) is 4.67. The molecule has 26 heavy (non-hydrogen) atoms. The van der Waals surface area contributed by atoms with Crippen molar-refractivity contribution >= 4 is 11.6 Å². The molecule has 0 heterocycles. The minimum absolute atomic E-state index is 0.0769. The Labute approximate surface area is 155 Å². The van der Waals surface area contributed by atoms with E-state index in [1.54, 1.807) is 0 Å². The van der Waals surface area contributed by atoms with Crippen LogP contribution < -0.4 is 10.6 Å². The van der Waals surface area contributed by atoms with Crippen LogP contribution in [0.2, 0.25) is 0 Å². The molecule has 0 aliphatic carbocycles. The highest BCUT2D eigenvalue weighted by molar-refractivity contribution is 6.06. The van der Waals surface area contributed by atoms with Crippen LogP contribution in [0, 0.1) is 25.2 Å². The molecule has 2 aromatic carbocycles. The summed E-state index contributed by atoms with van der Waals surface area (Å²) in [4.78, 5) is 12.2. The first kappa shape index (κ1) is 19.3. The maximum Gasteiger partial charge on any atom is 0.267 e. The lowest BCUT2D eigenvalue weighted by Gasteiger charge is -2.09. The molecule has 0 fully saturated rings. The molecule has 2 N–H and O–H groups in total. The molecule has 0 unspecified atom stereocenters. The molecule has 0 radical (unpaired) electrons. The summed E-state index contributed by atoms with van der Waals surface area (Å²) < 4.78 is 0. The predicted octanol–water partition coefficient (Wildman–Crippen LogP) is 4.26. The van der Waals surface area contributed by atoms with Crippen molar-refractivity contribution in [1.29, 1.82) is 5.26 Å². The molecule has 0 aliphatic heterocycles. The number of benzene rings is 2. The van der Waals surface area contributed by atoms with Gasteiger partial charge in [0.05, 0.1) is 0 Å². The maximum atomic E-state index is 12.2. The van der Waals surface area contributed by atoms with Crippen molar-refractivity contribution in [3.63, 3.8) is 0 Å². The fourth-order valence-corrected chi connectivity index (χ4v) is 2.67. The lowest BCUT2D eigenvalue weighted by Crippen LogP contribution is -2.17. The van der Waals surface area contributed by atoms with E-state index in [0.717, 1.165) is 42.6 Å². The van der Waals surface area contributed by atoms with Crippen molar-refractivity contribution in [1.82, 2.24) is 5.32 Å². The zero-order valence-electron chi connectivity index (χ0n) is 15.4. The summed E-state index contributed by atoms with van der Waals surface area (Å²) in [5, 5.41) is 15.1. The monoisotopic (exact) mass is 347 g/mol. The average Bonchev–Trinajstić information content (AvgIpc) is 2.64. The van der Waals surface area contributed by atoms with Gasteiger partial charge in [-0.2, -0.15) is 5.26 Å². The number of unbranched alkanes of at least 4 members (excludes halogenated alkanes) is 1. The second-order valence-electron chi connectivity index (χ2n) is 6.34. The first-order valence-corrected chi connectivity index (χ1v) is 8.86. The van der Waals surface area contributed by atoms with Crippen molar-refractivity contribution in [3.05, 3.63) is 77.0 Å². The van der Waals surface area contributed by atoms with Crippen LogP contribution in [0.25, 0.3) is 0 Å². The van der Waals surface area contributed by atoms with Crippen LogP contribution in [-0.2, 0) is 11.2 Å².